The number of fused-ring (bicyclic) bond motifs is 2. The van der Waals surface area contributed by atoms with Crippen LogP contribution < -0.4 is 0 Å². The summed E-state index contributed by atoms with van der Waals surface area (Å²) in [5.41, 5.74) is 2.14. The number of aromatic nitrogens is 2. The van der Waals surface area contributed by atoms with Crippen molar-refractivity contribution in [1.82, 2.24) is 9.78 Å². The fourth-order valence-electron chi connectivity index (χ4n) is 3.39. The number of aryl methyl sites for hydroxylation is 2. The number of nitrogens with zero attached hydrogens (tertiary/aromatic N) is 2. The number of hydrogen-bond donors (Lipinski definition) is 0. The van der Waals surface area contributed by atoms with Crippen molar-refractivity contribution in [2.45, 2.75) is 64.7 Å². The van der Waals surface area contributed by atoms with Crippen LogP contribution in [0.4, 0.5) is 0 Å². The van der Waals surface area contributed by atoms with Gasteiger partial charge in [0.1, 0.15) is 5.78 Å². The summed E-state index contributed by atoms with van der Waals surface area (Å²) in [5.74, 6) is 0.466. The van der Waals surface area contributed by atoms with Crippen LogP contribution in [0.1, 0.15) is 44.5 Å². The molecule has 0 radical (unpaired) electrons. The monoisotopic (exact) mass is 262 g/mol. The van der Waals surface area contributed by atoms with Gasteiger partial charge in [-0.1, -0.05) is 6.92 Å². The van der Waals surface area contributed by atoms with Gasteiger partial charge in [0.05, 0.1) is 17.9 Å². The summed E-state index contributed by atoms with van der Waals surface area (Å²) in [4.78, 5) is 12.4. The van der Waals surface area contributed by atoms with Crippen molar-refractivity contribution in [2.24, 2.45) is 5.92 Å². The summed E-state index contributed by atoms with van der Waals surface area (Å²) in [7, 11) is 0. The summed E-state index contributed by atoms with van der Waals surface area (Å²) in [6.45, 7) is 4.99. The first-order valence-electron chi connectivity index (χ1n) is 7.45. The van der Waals surface area contributed by atoms with Gasteiger partial charge >= 0.3 is 0 Å². The normalized spacial score (nSPS) is 29.1. The molecule has 0 amide bonds. The molecule has 0 spiro atoms. The Morgan fingerprint density at radius 3 is 2.89 bits per heavy atom. The molecule has 3 rings (SSSR count). The Bertz CT molecular complexity index is 480. The summed E-state index contributed by atoms with van der Waals surface area (Å²) in [5, 5.41) is 4.51. The van der Waals surface area contributed by atoms with Gasteiger partial charge < -0.3 is 4.74 Å². The Morgan fingerprint density at radius 2 is 2.32 bits per heavy atom. The molecule has 0 saturated carbocycles. The highest BCUT2D eigenvalue weighted by molar-refractivity contribution is 5.84. The van der Waals surface area contributed by atoms with E-state index in [4.69, 9.17) is 4.74 Å². The predicted octanol–water partition coefficient (Wildman–Crippen LogP) is 2.14. The smallest absolute Gasteiger partial charge is 0.144 e. The van der Waals surface area contributed by atoms with Gasteiger partial charge in [0.2, 0.25) is 0 Å². The third-order valence-corrected chi connectivity index (χ3v) is 4.45. The molecular formula is C15H22N2O2. The second-order valence-corrected chi connectivity index (χ2v) is 5.66. The maximum absolute atomic E-state index is 12.4. The molecule has 2 aliphatic rings. The van der Waals surface area contributed by atoms with Crippen LogP contribution in [0.2, 0.25) is 0 Å². The van der Waals surface area contributed by atoms with E-state index in [1.54, 1.807) is 0 Å². The SMILES string of the molecule is CCc1cc(CC(=O)C2CC3CCC2O3)n(CC)n1. The zero-order valence-electron chi connectivity index (χ0n) is 11.8. The van der Waals surface area contributed by atoms with E-state index in [0.717, 1.165) is 43.6 Å². The fraction of sp³-hybridized carbons (Fsp3) is 0.733. The molecule has 3 unspecified atom stereocenters. The van der Waals surface area contributed by atoms with Gasteiger partial charge in [-0.15, -0.1) is 0 Å². The van der Waals surface area contributed by atoms with Crippen LogP contribution in [-0.2, 0) is 28.9 Å². The lowest BCUT2D eigenvalue weighted by Gasteiger charge is -2.17. The maximum atomic E-state index is 12.4. The zero-order chi connectivity index (χ0) is 13.4. The molecule has 0 aromatic carbocycles. The number of ether oxygens (including phenoxy) is 1. The number of carbonyl (C=O) groups excluding carboxylic acids is 1. The number of carbonyl (C=O) groups is 1. The van der Waals surface area contributed by atoms with E-state index < -0.39 is 0 Å². The molecule has 2 saturated heterocycles. The highest BCUT2D eigenvalue weighted by Crippen LogP contribution is 2.39. The average molecular weight is 262 g/mol. The minimum Gasteiger partial charge on any atom is -0.374 e. The van der Waals surface area contributed by atoms with E-state index in [0.29, 0.717) is 18.3 Å². The lowest BCUT2D eigenvalue weighted by molar-refractivity contribution is -0.123. The largest absolute Gasteiger partial charge is 0.374 e. The van der Waals surface area contributed by atoms with E-state index >= 15 is 0 Å². The Balaban J connectivity index is 1.70. The lowest BCUT2D eigenvalue weighted by atomic mass is 9.85. The van der Waals surface area contributed by atoms with E-state index in [1.807, 2.05) is 4.68 Å². The molecule has 2 bridgehead atoms. The number of Topliss-reactive ketones (excluding diaryl/α,β-unsaturated/α-hetero) is 1. The minimum atomic E-state index is 0.129. The summed E-state index contributed by atoms with van der Waals surface area (Å²) < 4.78 is 7.75. The zero-order valence-corrected chi connectivity index (χ0v) is 11.8. The van der Waals surface area contributed by atoms with Crippen molar-refractivity contribution < 1.29 is 9.53 Å². The van der Waals surface area contributed by atoms with Crippen LogP contribution in [-0.4, -0.2) is 27.8 Å². The number of ketones is 1. The molecule has 2 aliphatic heterocycles. The van der Waals surface area contributed by atoms with Gasteiger partial charge in [0, 0.05) is 24.6 Å². The summed E-state index contributed by atoms with van der Waals surface area (Å²) in [6, 6.07) is 2.08. The molecule has 4 nitrogen and oxygen atoms in total. The second kappa shape index (κ2) is 5.08. The molecule has 3 atom stereocenters. The van der Waals surface area contributed by atoms with Crippen LogP contribution in [0.3, 0.4) is 0 Å². The molecule has 0 N–H and O–H groups in total. The van der Waals surface area contributed by atoms with Crippen LogP contribution in [0, 0.1) is 5.92 Å². The Kier molecular flexibility index (Phi) is 3.44. The lowest BCUT2D eigenvalue weighted by Crippen LogP contribution is -2.27. The number of rotatable bonds is 5. The Morgan fingerprint density at radius 1 is 1.47 bits per heavy atom. The van der Waals surface area contributed by atoms with Crippen molar-refractivity contribution >= 4 is 5.78 Å². The first kappa shape index (κ1) is 12.9. The Hall–Kier alpha value is -1.16. The molecule has 1 aromatic heterocycles. The fourth-order valence-corrected chi connectivity index (χ4v) is 3.39. The van der Waals surface area contributed by atoms with Crippen molar-refractivity contribution in [3.05, 3.63) is 17.5 Å². The molecule has 1 aromatic rings. The van der Waals surface area contributed by atoms with Crippen LogP contribution in [0.15, 0.2) is 6.07 Å². The van der Waals surface area contributed by atoms with E-state index in [-0.39, 0.29) is 12.0 Å². The maximum Gasteiger partial charge on any atom is 0.144 e. The summed E-state index contributed by atoms with van der Waals surface area (Å²) >= 11 is 0. The first-order valence-corrected chi connectivity index (χ1v) is 7.45. The van der Waals surface area contributed by atoms with Gasteiger partial charge in [0.15, 0.2) is 0 Å². The van der Waals surface area contributed by atoms with Crippen LogP contribution >= 0.6 is 0 Å². The topological polar surface area (TPSA) is 44.1 Å². The molecule has 4 heteroatoms. The average Bonchev–Trinajstić information content (AvgIpc) is 3.12. The molecule has 104 valence electrons. The third-order valence-electron chi connectivity index (χ3n) is 4.45. The Labute approximate surface area is 114 Å². The van der Waals surface area contributed by atoms with Crippen LogP contribution in [0.25, 0.3) is 0 Å². The third kappa shape index (κ3) is 2.34. The molecule has 0 aliphatic carbocycles. The van der Waals surface area contributed by atoms with Crippen molar-refractivity contribution in [3.63, 3.8) is 0 Å². The molecule has 3 heterocycles. The van der Waals surface area contributed by atoms with Crippen LogP contribution in [0.5, 0.6) is 0 Å². The van der Waals surface area contributed by atoms with E-state index in [2.05, 4.69) is 25.0 Å². The van der Waals surface area contributed by atoms with Crippen molar-refractivity contribution in [3.8, 4) is 0 Å². The quantitative estimate of drug-likeness (QED) is 0.816. The first-order chi connectivity index (χ1) is 9.21. The van der Waals surface area contributed by atoms with Gasteiger partial charge in [-0.3, -0.25) is 9.48 Å². The minimum absolute atomic E-state index is 0.129. The molecule has 2 fully saturated rings. The van der Waals surface area contributed by atoms with Gasteiger partial charge in [-0.25, -0.2) is 0 Å². The highest BCUT2D eigenvalue weighted by Gasteiger charge is 2.44. The predicted molar refractivity (Wildman–Crippen MR) is 72.0 cm³/mol. The van der Waals surface area contributed by atoms with E-state index in [1.165, 1.54) is 0 Å². The van der Waals surface area contributed by atoms with Gasteiger partial charge in [-0.05, 0) is 38.7 Å². The molecule has 19 heavy (non-hydrogen) atoms. The van der Waals surface area contributed by atoms with Gasteiger partial charge in [0.25, 0.3) is 0 Å². The van der Waals surface area contributed by atoms with Crippen molar-refractivity contribution in [1.29, 1.82) is 0 Å². The second-order valence-electron chi connectivity index (χ2n) is 5.66. The number of hydrogen-bond acceptors (Lipinski definition) is 3. The van der Waals surface area contributed by atoms with Gasteiger partial charge in [-0.2, -0.15) is 5.10 Å². The van der Waals surface area contributed by atoms with Crippen molar-refractivity contribution in [2.75, 3.05) is 0 Å². The highest BCUT2D eigenvalue weighted by atomic mass is 16.5. The summed E-state index contributed by atoms with van der Waals surface area (Å²) in [6.07, 6.45) is 5.12. The standard InChI is InChI=1S/C15H22N2O2/c1-3-10-7-11(17(4-2)16-10)8-14(18)13-9-12-5-6-15(13)19-12/h7,12-13,15H,3-6,8-9H2,1-2H3. The molecular weight excluding hydrogens is 240 g/mol. The van der Waals surface area contributed by atoms with E-state index in [9.17, 15) is 4.79 Å².